The van der Waals surface area contributed by atoms with E-state index in [4.69, 9.17) is 9.88 Å². The van der Waals surface area contributed by atoms with E-state index in [1.807, 2.05) is 30.3 Å². The molecule has 0 aromatic heterocycles. The van der Waals surface area contributed by atoms with Crippen molar-refractivity contribution in [1.82, 2.24) is 5.32 Å². The molecule has 0 bridgehead atoms. The molecule has 1 atom stereocenters. The van der Waals surface area contributed by atoms with Crippen LogP contribution >= 0.6 is 0 Å². The molecule has 8 heteroatoms. The van der Waals surface area contributed by atoms with Gasteiger partial charge in [0.2, 0.25) is 15.9 Å². The molecule has 3 aromatic carbocycles. The largest absolute Gasteiger partial charge is 0.488 e. The summed E-state index contributed by atoms with van der Waals surface area (Å²) >= 11 is 0. The summed E-state index contributed by atoms with van der Waals surface area (Å²) in [6.07, 6.45) is 0.0356. The highest BCUT2D eigenvalue weighted by atomic mass is 32.2. The van der Waals surface area contributed by atoms with Crippen molar-refractivity contribution in [2.45, 2.75) is 17.4 Å². The highest BCUT2D eigenvalue weighted by molar-refractivity contribution is 7.89. The van der Waals surface area contributed by atoms with E-state index in [0.717, 1.165) is 5.56 Å². The number of nitrogens with two attached hydrogens (primary N) is 1. The topological polar surface area (TPSA) is 98.5 Å². The van der Waals surface area contributed by atoms with Gasteiger partial charge in [-0.15, -0.1) is 0 Å². The third-order valence-electron chi connectivity index (χ3n) is 4.40. The average Bonchev–Trinajstić information content (AvgIpc) is 2.72. The van der Waals surface area contributed by atoms with Gasteiger partial charge in [-0.3, -0.25) is 4.79 Å². The van der Waals surface area contributed by atoms with Gasteiger partial charge in [-0.1, -0.05) is 54.6 Å². The van der Waals surface area contributed by atoms with Crippen molar-refractivity contribution in [1.29, 1.82) is 0 Å². The lowest BCUT2D eigenvalue weighted by Gasteiger charge is -2.20. The lowest BCUT2D eigenvalue weighted by atomic mass is 10.1. The summed E-state index contributed by atoms with van der Waals surface area (Å²) in [5.74, 6) is -0.666. The molecule has 0 saturated carbocycles. The van der Waals surface area contributed by atoms with Crippen molar-refractivity contribution in [3.8, 4) is 5.75 Å². The Morgan fingerprint density at radius 1 is 0.967 bits per heavy atom. The first-order chi connectivity index (χ1) is 14.3. The average molecular weight is 428 g/mol. The number of sulfonamides is 1. The van der Waals surface area contributed by atoms with Crippen molar-refractivity contribution >= 4 is 15.9 Å². The Morgan fingerprint density at radius 3 is 2.23 bits per heavy atom. The molecule has 0 radical (unpaired) electrons. The number of carbonyl (C=O) groups is 1. The molecule has 0 spiro atoms. The Kier molecular flexibility index (Phi) is 6.81. The normalized spacial score (nSPS) is 12.2. The van der Waals surface area contributed by atoms with Gasteiger partial charge in [-0.05, 0) is 35.4 Å². The maximum absolute atomic E-state index is 13.8. The predicted octanol–water partition coefficient (Wildman–Crippen LogP) is 2.95. The van der Waals surface area contributed by atoms with E-state index in [1.165, 1.54) is 36.4 Å². The summed E-state index contributed by atoms with van der Waals surface area (Å²) in [5.41, 5.74) is 1.44. The van der Waals surface area contributed by atoms with E-state index in [1.54, 1.807) is 12.1 Å². The van der Waals surface area contributed by atoms with Crippen molar-refractivity contribution < 1.29 is 22.3 Å². The third-order valence-corrected chi connectivity index (χ3v) is 5.33. The van der Waals surface area contributed by atoms with Crippen LogP contribution in [0.15, 0.2) is 83.8 Å². The number of benzene rings is 3. The fourth-order valence-electron chi connectivity index (χ4n) is 2.87. The molecule has 30 heavy (non-hydrogen) atoms. The van der Waals surface area contributed by atoms with Gasteiger partial charge in [-0.25, -0.2) is 17.9 Å². The van der Waals surface area contributed by atoms with E-state index in [0.29, 0.717) is 5.56 Å². The van der Waals surface area contributed by atoms with Crippen molar-refractivity contribution in [2.24, 2.45) is 5.14 Å². The molecule has 0 aliphatic rings. The monoisotopic (exact) mass is 428 g/mol. The van der Waals surface area contributed by atoms with Gasteiger partial charge >= 0.3 is 0 Å². The minimum Gasteiger partial charge on any atom is -0.488 e. The van der Waals surface area contributed by atoms with Crippen LogP contribution in [-0.2, 0) is 21.2 Å². The first kappa shape index (κ1) is 21.5. The summed E-state index contributed by atoms with van der Waals surface area (Å²) in [7, 11) is -3.79. The number of rotatable bonds is 8. The Balaban J connectivity index is 1.69. The number of halogens is 1. The molecule has 1 unspecified atom stereocenters. The Bertz CT molecular complexity index is 1100. The Morgan fingerprint density at radius 2 is 1.60 bits per heavy atom. The van der Waals surface area contributed by atoms with E-state index in [2.05, 4.69) is 5.32 Å². The van der Waals surface area contributed by atoms with Crippen LogP contribution in [0.2, 0.25) is 0 Å². The minimum absolute atomic E-state index is 0.0212. The van der Waals surface area contributed by atoms with Crippen LogP contribution in [0.25, 0.3) is 0 Å². The van der Waals surface area contributed by atoms with Crippen LogP contribution in [-0.4, -0.2) is 20.9 Å². The zero-order valence-corrected chi connectivity index (χ0v) is 16.8. The number of primary sulfonamides is 1. The van der Waals surface area contributed by atoms with Crippen molar-refractivity contribution in [2.75, 3.05) is 6.61 Å². The van der Waals surface area contributed by atoms with Crippen LogP contribution in [0.5, 0.6) is 5.75 Å². The molecule has 0 saturated heterocycles. The lowest BCUT2D eigenvalue weighted by molar-refractivity contribution is -0.121. The summed E-state index contributed by atoms with van der Waals surface area (Å²) < 4.78 is 42.1. The second-order valence-electron chi connectivity index (χ2n) is 6.64. The van der Waals surface area contributed by atoms with Crippen LogP contribution < -0.4 is 15.2 Å². The predicted molar refractivity (Wildman–Crippen MR) is 111 cm³/mol. The van der Waals surface area contributed by atoms with Gasteiger partial charge in [0.25, 0.3) is 0 Å². The van der Waals surface area contributed by atoms with Crippen LogP contribution in [0.1, 0.15) is 17.2 Å². The van der Waals surface area contributed by atoms with Gasteiger partial charge in [0.05, 0.1) is 17.4 Å². The number of carbonyl (C=O) groups excluding carboxylic acids is 1. The number of hydrogen-bond acceptors (Lipinski definition) is 4. The molecule has 0 aliphatic heterocycles. The number of nitrogens with one attached hydrogen (secondary N) is 1. The van der Waals surface area contributed by atoms with Crippen LogP contribution in [0.4, 0.5) is 4.39 Å². The molecule has 0 heterocycles. The van der Waals surface area contributed by atoms with Crippen LogP contribution in [0, 0.1) is 5.82 Å². The van der Waals surface area contributed by atoms with Gasteiger partial charge in [0.15, 0.2) is 11.6 Å². The number of amides is 1. The van der Waals surface area contributed by atoms with Crippen molar-refractivity contribution in [3.63, 3.8) is 0 Å². The molecule has 1 amide bonds. The Hall–Kier alpha value is -3.23. The Labute approximate surface area is 174 Å². The highest BCUT2D eigenvalue weighted by Crippen LogP contribution is 2.19. The SMILES string of the molecule is NS(=O)(=O)c1ccc(CC(=O)NC(COc2ccccc2F)c2ccccc2)cc1. The third kappa shape index (κ3) is 5.88. The van der Waals surface area contributed by atoms with E-state index in [9.17, 15) is 17.6 Å². The molecular weight excluding hydrogens is 407 g/mol. The molecule has 3 aromatic rings. The van der Waals surface area contributed by atoms with Gasteiger partial charge in [0, 0.05) is 0 Å². The molecule has 156 valence electrons. The van der Waals surface area contributed by atoms with Gasteiger partial charge in [-0.2, -0.15) is 0 Å². The summed E-state index contributed by atoms with van der Waals surface area (Å²) in [4.78, 5) is 12.6. The zero-order valence-electron chi connectivity index (χ0n) is 16.0. The molecule has 6 nitrogen and oxygen atoms in total. The number of hydrogen-bond donors (Lipinski definition) is 2. The standard InChI is InChI=1S/C22H21FN2O4S/c23-19-8-4-5-9-21(19)29-15-20(17-6-2-1-3-7-17)25-22(26)14-16-10-12-18(13-11-16)30(24,27)28/h1-13,20H,14-15H2,(H,25,26)(H2,24,27,28). The molecule has 3 N–H and O–H groups in total. The van der Waals surface area contributed by atoms with Crippen molar-refractivity contribution in [3.05, 3.63) is 95.8 Å². The quantitative estimate of drug-likeness (QED) is 0.576. The first-order valence-electron chi connectivity index (χ1n) is 9.16. The maximum atomic E-state index is 13.8. The smallest absolute Gasteiger partial charge is 0.238 e. The molecule has 3 rings (SSSR count). The number of para-hydroxylation sites is 1. The summed E-state index contributed by atoms with van der Waals surface area (Å²) in [5, 5.41) is 7.97. The fourth-order valence-corrected chi connectivity index (χ4v) is 3.38. The second kappa shape index (κ2) is 9.51. The summed E-state index contributed by atoms with van der Waals surface area (Å²) in [6.45, 7) is 0.0427. The highest BCUT2D eigenvalue weighted by Gasteiger charge is 2.17. The fraction of sp³-hybridized carbons (Fsp3) is 0.136. The lowest BCUT2D eigenvalue weighted by Crippen LogP contribution is -2.33. The van der Waals surface area contributed by atoms with Crippen LogP contribution in [0.3, 0.4) is 0 Å². The molecular formula is C22H21FN2O4S. The van der Waals surface area contributed by atoms with E-state index >= 15 is 0 Å². The zero-order chi connectivity index (χ0) is 21.6. The van der Waals surface area contributed by atoms with E-state index < -0.39 is 21.9 Å². The number of ether oxygens (including phenoxy) is 1. The molecule has 0 aliphatic carbocycles. The second-order valence-corrected chi connectivity index (χ2v) is 8.20. The maximum Gasteiger partial charge on any atom is 0.238 e. The van der Waals surface area contributed by atoms with Gasteiger partial charge < -0.3 is 10.1 Å². The van der Waals surface area contributed by atoms with E-state index in [-0.39, 0.29) is 29.6 Å². The first-order valence-corrected chi connectivity index (χ1v) is 10.7. The van der Waals surface area contributed by atoms with Gasteiger partial charge in [0.1, 0.15) is 6.61 Å². The summed E-state index contributed by atoms with van der Waals surface area (Å²) in [6, 6.07) is 20.6. The molecule has 0 fully saturated rings. The minimum atomic E-state index is -3.79.